The van der Waals surface area contributed by atoms with Crippen molar-refractivity contribution in [3.63, 3.8) is 0 Å². The first-order chi connectivity index (χ1) is 8.43. The first-order valence-corrected chi connectivity index (χ1v) is 5.28. The van der Waals surface area contributed by atoms with Crippen molar-refractivity contribution in [2.45, 2.75) is 19.6 Å². The van der Waals surface area contributed by atoms with Crippen LogP contribution >= 0.6 is 0 Å². The lowest BCUT2D eigenvalue weighted by molar-refractivity contribution is -0.137. The second kappa shape index (κ2) is 4.32. The monoisotopic (exact) mass is 256 g/mol. The Morgan fingerprint density at radius 2 is 2.06 bits per heavy atom. The minimum atomic E-state index is -4.40. The molecular weight excluding hydrogens is 245 g/mol. The minimum Gasteiger partial charge on any atom is -0.398 e. The number of anilines is 1. The van der Waals surface area contributed by atoms with E-state index in [1.54, 1.807) is 4.57 Å². The highest BCUT2D eigenvalue weighted by Gasteiger charge is 2.31. The molecule has 1 heterocycles. The molecule has 0 saturated carbocycles. The summed E-state index contributed by atoms with van der Waals surface area (Å²) in [6.45, 7) is 2.50. The molecule has 18 heavy (non-hydrogen) atoms. The number of nitrogen functional groups attached to an aromatic ring is 1. The van der Waals surface area contributed by atoms with E-state index in [4.69, 9.17) is 5.73 Å². The molecule has 0 saturated heterocycles. The summed E-state index contributed by atoms with van der Waals surface area (Å²) in [4.78, 5) is 0. The largest absolute Gasteiger partial charge is 0.416 e. The summed E-state index contributed by atoms with van der Waals surface area (Å²) in [5.41, 5.74) is 5.36. The molecule has 0 unspecified atom stereocenters. The maximum absolute atomic E-state index is 12.5. The third-order valence-corrected chi connectivity index (χ3v) is 2.58. The van der Waals surface area contributed by atoms with Gasteiger partial charge in [0.2, 0.25) is 0 Å². The minimum absolute atomic E-state index is 0.0347. The number of nitrogens with two attached hydrogens (primary N) is 1. The van der Waals surface area contributed by atoms with E-state index >= 15 is 0 Å². The Bertz CT molecular complexity index is 560. The molecular formula is C11H11F3N4. The van der Waals surface area contributed by atoms with Crippen molar-refractivity contribution in [3.8, 4) is 11.4 Å². The average Bonchev–Trinajstić information content (AvgIpc) is 2.75. The van der Waals surface area contributed by atoms with Gasteiger partial charge < -0.3 is 10.3 Å². The van der Waals surface area contributed by atoms with Crippen LogP contribution in [0.25, 0.3) is 11.4 Å². The number of benzene rings is 1. The molecule has 0 aliphatic rings. The Hall–Kier alpha value is -2.05. The van der Waals surface area contributed by atoms with Gasteiger partial charge in [0, 0.05) is 17.8 Å². The maximum atomic E-state index is 12.5. The predicted molar refractivity (Wildman–Crippen MR) is 60.5 cm³/mol. The zero-order chi connectivity index (χ0) is 13.3. The van der Waals surface area contributed by atoms with E-state index in [1.165, 1.54) is 12.4 Å². The lowest BCUT2D eigenvalue weighted by Crippen LogP contribution is -2.07. The molecule has 0 bridgehead atoms. The van der Waals surface area contributed by atoms with Crippen molar-refractivity contribution in [3.05, 3.63) is 30.1 Å². The van der Waals surface area contributed by atoms with Gasteiger partial charge in [-0.05, 0) is 25.1 Å². The van der Waals surface area contributed by atoms with Crippen LogP contribution < -0.4 is 5.73 Å². The molecule has 1 aromatic heterocycles. The fraction of sp³-hybridized carbons (Fsp3) is 0.273. The van der Waals surface area contributed by atoms with Crippen LogP contribution in [-0.4, -0.2) is 14.8 Å². The van der Waals surface area contributed by atoms with E-state index in [2.05, 4.69) is 10.2 Å². The average molecular weight is 256 g/mol. The van der Waals surface area contributed by atoms with Gasteiger partial charge in [-0.25, -0.2) is 0 Å². The highest BCUT2D eigenvalue weighted by atomic mass is 19.4. The van der Waals surface area contributed by atoms with E-state index in [0.29, 0.717) is 17.9 Å². The van der Waals surface area contributed by atoms with Crippen LogP contribution in [0.5, 0.6) is 0 Å². The molecule has 0 radical (unpaired) electrons. The van der Waals surface area contributed by atoms with Crippen molar-refractivity contribution >= 4 is 5.69 Å². The first kappa shape index (κ1) is 12.4. The number of nitrogens with zero attached hydrogens (tertiary/aromatic N) is 3. The molecule has 0 aliphatic carbocycles. The molecule has 0 amide bonds. The third-order valence-electron chi connectivity index (χ3n) is 2.58. The Morgan fingerprint density at radius 1 is 1.33 bits per heavy atom. The van der Waals surface area contributed by atoms with Crippen LogP contribution in [0.4, 0.5) is 18.9 Å². The fourth-order valence-corrected chi connectivity index (χ4v) is 1.64. The lowest BCUT2D eigenvalue weighted by atomic mass is 10.1. The topological polar surface area (TPSA) is 56.7 Å². The van der Waals surface area contributed by atoms with Crippen molar-refractivity contribution in [2.75, 3.05) is 5.73 Å². The first-order valence-electron chi connectivity index (χ1n) is 5.28. The van der Waals surface area contributed by atoms with Gasteiger partial charge in [-0.1, -0.05) is 0 Å². The number of hydrogen-bond donors (Lipinski definition) is 1. The van der Waals surface area contributed by atoms with Crippen LogP contribution in [0, 0.1) is 0 Å². The van der Waals surface area contributed by atoms with Crippen molar-refractivity contribution in [1.82, 2.24) is 14.8 Å². The Kier molecular flexibility index (Phi) is 2.98. The molecule has 7 heteroatoms. The van der Waals surface area contributed by atoms with Crippen LogP contribution in [0.15, 0.2) is 24.5 Å². The van der Waals surface area contributed by atoms with Gasteiger partial charge in [0.15, 0.2) is 5.82 Å². The molecule has 96 valence electrons. The summed E-state index contributed by atoms with van der Waals surface area (Å²) in [5.74, 6) is 0.462. The fourth-order valence-electron chi connectivity index (χ4n) is 1.64. The number of hydrogen-bond acceptors (Lipinski definition) is 3. The smallest absolute Gasteiger partial charge is 0.398 e. The number of aryl methyl sites for hydroxylation is 1. The second-order valence-corrected chi connectivity index (χ2v) is 3.74. The standard InChI is InChI=1S/C11H11F3N4/c1-2-18-6-16-17-10(18)8-4-3-7(5-9(8)15)11(12,13)14/h3-6H,2,15H2,1H3. The molecule has 2 N–H and O–H groups in total. The zero-order valence-corrected chi connectivity index (χ0v) is 9.57. The zero-order valence-electron chi connectivity index (χ0n) is 9.57. The lowest BCUT2D eigenvalue weighted by Gasteiger charge is -2.10. The highest BCUT2D eigenvalue weighted by Crippen LogP contribution is 2.33. The molecule has 2 rings (SSSR count). The summed E-state index contributed by atoms with van der Waals surface area (Å²) in [5, 5.41) is 7.58. The van der Waals surface area contributed by atoms with Gasteiger partial charge in [0.1, 0.15) is 6.33 Å². The second-order valence-electron chi connectivity index (χ2n) is 3.74. The Labute approximate surface area is 101 Å². The highest BCUT2D eigenvalue weighted by molar-refractivity contribution is 5.72. The van der Waals surface area contributed by atoms with E-state index in [1.807, 2.05) is 6.92 Å². The number of aromatic nitrogens is 3. The number of alkyl halides is 3. The predicted octanol–water partition coefficient (Wildman–Crippen LogP) is 2.57. The number of halogens is 3. The van der Waals surface area contributed by atoms with Gasteiger partial charge in [-0.2, -0.15) is 13.2 Å². The Balaban J connectivity index is 2.48. The summed E-state index contributed by atoms with van der Waals surface area (Å²) in [6, 6.07) is 3.21. The molecule has 0 aliphatic heterocycles. The van der Waals surface area contributed by atoms with Crippen molar-refractivity contribution in [2.24, 2.45) is 0 Å². The van der Waals surface area contributed by atoms with Gasteiger partial charge in [0.25, 0.3) is 0 Å². The molecule has 0 spiro atoms. The van der Waals surface area contributed by atoms with Crippen LogP contribution in [-0.2, 0) is 12.7 Å². The van der Waals surface area contributed by atoms with Crippen molar-refractivity contribution in [1.29, 1.82) is 0 Å². The van der Waals surface area contributed by atoms with Crippen molar-refractivity contribution < 1.29 is 13.2 Å². The van der Waals surface area contributed by atoms with Gasteiger partial charge >= 0.3 is 6.18 Å². The quantitative estimate of drug-likeness (QED) is 0.840. The van der Waals surface area contributed by atoms with E-state index in [-0.39, 0.29) is 5.69 Å². The van der Waals surface area contributed by atoms with E-state index in [0.717, 1.165) is 12.1 Å². The van der Waals surface area contributed by atoms with Gasteiger partial charge in [-0.15, -0.1) is 10.2 Å². The molecule has 1 aromatic carbocycles. The summed E-state index contributed by atoms with van der Waals surface area (Å²) < 4.78 is 39.2. The van der Waals surface area contributed by atoms with E-state index in [9.17, 15) is 13.2 Å². The van der Waals surface area contributed by atoms with Crippen LogP contribution in [0.1, 0.15) is 12.5 Å². The van der Waals surface area contributed by atoms with Crippen LogP contribution in [0.3, 0.4) is 0 Å². The van der Waals surface area contributed by atoms with Crippen LogP contribution in [0.2, 0.25) is 0 Å². The molecule has 0 atom stereocenters. The maximum Gasteiger partial charge on any atom is 0.416 e. The SMILES string of the molecule is CCn1cnnc1-c1ccc(C(F)(F)F)cc1N. The molecule has 4 nitrogen and oxygen atoms in total. The van der Waals surface area contributed by atoms with Gasteiger partial charge in [0.05, 0.1) is 5.56 Å². The molecule has 0 fully saturated rings. The Morgan fingerprint density at radius 3 is 2.61 bits per heavy atom. The third kappa shape index (κ3) is 2.15. The van der Waals surface area contributed by atoms with E-state index < -0.39 is 11.7 Å². The number of rotatable bonds is 2. The summed E-state index contributed by atoms with van der Waals surface area (Å²) in [6.07, 6.45) is -2.89. The summed E-state index contributed by atoms with van der Waals surface area (Å²) in [7, 11) is 0. The summed E-state index contributed by atoms with van der Waals surface area (Å²) >= 11 is 0. The molecule has 2 aromatic rings. The normalized spacial score (nSPS) is 11.8. The van der Waals surface area contributed by atoms with Gasteiger partial charge in [-0.3, -0.25) is 0 Å².